The standard InChI is InChI=1S/C16H24N6O2/c1-4-20(5-2)11-15(23)22-10-12(24-3)8-13(22)16-19-18-14-9-17-6-7-21(14)16/h6-7,9,12-13H,4-5,8,10-11H2,1-3H3/t12-,13+/m1/s1. The van der Waals surface area contributed by atoms with Gasteiger partial charge in [-0.05, 0) is 13.1 Å². The first-order valence-electron chi connectivity index (χ1n) is 8.37. The van der Waals surface area contributed by atoms with Crippen LogP contribution in [0.5, 0.6) is 0 Å². The summed E-state index contributed by atoms with van der Waals surface area (Å²) in [6.07, 6.45) is 5.94. The van der Waals surface area contributed by atoms with Crippen LogP contribution in [0.1, 0.15) is 32.1 Å². The summed E-state index contributed by atoms with van der Waals surface area (Å²) in [5.74, 6) is 0.869. The molecule has 0 aromatic carbocycles. The molecule has 0 aliphatic carbocycles. The largest absolute Gasteiger partial charge is 0.380 e. The maximum atomic E-state index is 12.8. The molecule has 2 atom stereocenters. The number of fused-ring (bicyclic) bond motifs is 1. The Morgan fingerprint density at radius 3 is 2.88 bits per heavy atom. The number of nitrogens with zero attached hydrogens (tertiary/aromatic N) is 6. The van der Waals surface area contributed by atoms with Crippen molar-refractivity contribution in [1.29, 1.82) is 0 Å². The molecule has 1 saturated heterocycles. The van der Waals surface area contributed by atoms with E-state index in [0.717, 1.165) is 25.3 Å². The third kappa shape index (κ3) is 3.11. The first-order valence-corrected chi connectivity index (χ1v) is 8.37. The maximum absolute atomic E-state index is 12.8. The van der Waals surface area contributed by atoms with Crippen molar-refractivity contribution >= 4 is 11.6 Å². The normalized spacial score (nSPS) is 21.1. The number of carbonyl (C=O) groups is 1. The zero-order valence-corrected chi connectivity index (χ0v) is 14.4. The average molecular weight is 332 g/mol. The number of hydrogen-bond acceptors (Lipinski definition) is 6. The van der Waals surface area contributed by atoms with E-state index in [1.807, 2.05) is 15.5 Å². The minimum absolute atomic E-state index is 0.0184. The highest BCUT2D eigenvalue weighted by Crippen LogP contribution is 2.32. The van der Waals surface area contributed by atoms with Crippen LogP contribution in [0.2, 0.25) is 0 Å². The lowest BCUT2D eigenvalue weighted by atomic mass is 10.2. The molecule has 2 aromatic rings. The Kier molecular flexibility index (Phi) is 5.06. The fourth-order valence-corrected chi connectivity index (χ4v) is 3.22. The van der Waals surface area contributed by atoms with E-state index < -0.39 is 0 Å². The van der Waals surface area contributed by atoms with E-state index in [4.69, 9.17) is 4.74 Å². The monoisotopic (exact) mass is 332 g/mol. The molecule has 3 heterocycles. The first-order chi connectivity index (χ1) is 11.7. The highest BCUT2D eigenvalue weighted by Gasteiger charge is 2.39. The average Bonchev–Trinajstić information content (AvgIpc) is 3.22. The van der Waals surface area contributed by atoms with Gasteiger partial charge < -0.3 is 9.64 Å². The Morgan fingerprint density at radius 2 is 2.17 bits per heavy atom. The second-order valence-corrected chi connectivity index (χ2v) is 5.98. The fourth-order valence-electron chi connectivity index (χ4n) is 3.22. The van der Waals surface area contributed by atoms with Crippen molar-refractivity contribution in [2.75, 3.05) is 33.3 Å². The summed E-state index contributed by atoms with van der Waals surface area (Å²) in [5, 5.41) is 8.47. The van der Waals surface area contributed by atoms with Gasteiger partial charge in [0.25, 0.3) is 0 Å². The summed E-state index contributed by atoms with van der Waals surface area (Å²) in [5.41, 5.74) is 0.685. The van der Waals surface area contributed by atoms with Crippen LogP contribution in [-0.2, 0) is 9.53 Å². The Labute approximate surface area is 141 Å². The second-order valence-electron chi connectivity index (χ2n) is 5.98. The van der Waals surface area contributed by atoms with E-state index in [1.54, 1.807) is 19.5 Å². The predicted molar refractivity (Wildman–Crippen MR) is 88.4 cm³/mol. The van der Waals surface area contributed by atoms with Gasteiger partial charge in [-0.2, -0.15) is 0 Å². The molecule has 130 valence electrons. The Balaban J connectivity index is 1.88. The molecule has 8 heteroatoms. The highest BCUT2D eigenvalue weighted by molar-refractivity contribution is 5.79. The Morgan fingerprint density at radius 1 is 1.38 bits per heavy atom. The van der Waals surface area contributed by atoms with Crippen LogP contribution in [0.25, 0.3) is 5.65 Å². The zero-order valence-electron chi connectivity index (χ0n) is 14.4. The summed E-state index contributed by atoms with van der Waals surface area (Å²) in [7, 11) is 1.69. The number of carbonyl (C=O) groups excluding carboxylic acids is 1. The maximum Gasteiger partial charge on any atom is 0.237 e. The van der Waals surface area contributed by atoms with Gasteiger partial charge in [-0.1, -0.05) is 13.8 Å². The van der Waals surface area contributed by atoms with E-state index in [1.165, 1.54) is 0 Å². The summed E-state index contributed by atoms with van der Waals surface area (Å²) in [6.45, 7) is 6.84. The van der Waals surface area contributed by atoms with Gasteiger partial charge in [0.1, 0.15) is 0 Å². The van der Waals surface area contributed by atoms with Gasteiger partial charge in [-0.15, -0.1) is 10.2 Å². The SMILES string of the molecule is CCN(CC)CC(=O)N1C[C@H](OC)C[C@H]1c1nnc2cnccn12. The zero-order chi connectivity index (χ0) is 17.1. The first kappa shape index (κ1) is 16.8. The Hall–Kier alpha value is -2.06. The second kappa shape index (κ2) is 7.23. The van der Waals surface area contributed by atoms with E-state index in [2.05, 4.69) is 33.9 Å². The molecule has 1 fully saturated rings. The number of amides is 1. The molecule has 1 aliphatic heterocycles. The molecule has 1 amide bonds. The summed E-state index contributed by atoms with van der Waals surface area (Å²) >= 11 is 0. The lowest BCUT2D eigenvalue weighted by Crippen LogP contribution is -2.41. The van der Waals surface area contributed by atoms with E-state index in [9.17, 15) is 4.79 Å². The van der Waals surface area contributed by atoms with Crippen LogP contribution in [0.4, 0.5) is 0 Å². The number of rotatable bonds is 6. The molecule has 0 unspecified atom stereocenters. The molecule has 0 radical (unpaired) electrons. The number of methoxy groups -OCH3 is 1. The van der Waals surface area contributed by atoms with Crippen LogP contribution >= 0.6 is 0 Å². The number of ether oxygens (including phenoxy) is 1. The van der Waals surface area contributed by atoms with Crippen LogP contribution in [0, 0.1) is 0 Å². The van der Waals surface area contributed by atoms with Gasteiger partial charge in [-0.25, -0.2) is 0 Å². The summed E-state index contributed by atoms with van der Waals surface area (Å²) in [4.78, 5) is 20.9. The van der Waals surface area contributed by atoms with E-state index in [0.29, 0.717) is 18.7 Å². The smallest absolute Gasteiger partial charge is 0.237 e. The van der Waals surface area contributed by atoms with Crippen LogP contribution in [-0.4, -0.2) is 74.7 Å². The number of likely N-dealkylation sites (tertiary alicyclic amines) is 1. The van der Waals surface area contributed by atoms with Crippen molar-refractivity contribution in [1.82, 2.24) is 29.4 Å². The number of aromatic nitrogens is 4. The van der Waals surface area contributed by atoms with Gasteiger partial charge in [0.05, 0.1) is 24.9 Å². The van der Waals surface area contributed by atoms with Gasteiger partial charge in [0.15, 0.2) is 11.5 Å². The molecule has 8 nitrogen and oxygen atoms in total. The van der Waals surface area contributed by atoms with Gasteiger partial charge in [0, 0.05) is 32.5 Å². The van der Waals surface area contributed by atoms with Crippen LogP contribution in [0.15, 0.2) is 18.6 Å². The molecule has 2 aromatic heterocycles. The molecular formula is C16H24N6O2. The van der Waals surface area contributed by atoms with E-state index >= 15 is 0 Å². The van der Waals surface area contributed by atoms with Crippen molar-refractivity contribution in [3.63, 3.8) is 0 Å². The van der Waals surface area contributed by atoms with Crippen LogP contribution < -0.4 is 0 Å². The lowest BCUT2D eigenvalue weighted by Gasteiger charge is -2.26. The predicted octanol–water partition coefficient (Wildman–Crippen LogP) is 0.755. The van der Waals surface area contributed by atoms with Crippen molar-refractivity contribution in [2.24, 2.45) is 0 Å². The minimum atomic E-state index is -0.129. The number of hydrogen-bond donors (Lipinski definition) is 0. The molecule has 0 saturated carbocycles. The highest BCUT2D eigenvalue weighted by atomic mass is 16.5. The van der Waals surface area contributed by atoms with Crippen molar-refractivity contribution in [3.05, 3.63) is 24.4 Å². The fraction of sp³-hybridized carbons (Fsp3) is 0.625. The lowest BCUT2D eigenvalue weighted by molar-refractivity contribution is -0.133. The number of likely N-dealkylation sites (N-methyl/N-ethyl adjacent to an activating group) is 1. The van der Waals surface area contributed by atoms with Crippen LogP contribution in [0.3, 0.4) is 0 Å². The quantitative estimate of drug-likeness (QED) is 0.777. The molecule has 0 spiro atoms. The summed E-state index contributed by atoms with van der Waals surface area (Å²) < 4.78 is 7.41. The van der Waals surface area contributed by atoms with E-state index in [-0.39, 0.29) is 18.1 Å². The Bertz CT molecular complexity index is 699. The molecule has 24 heavy (non-hydrogen) atoms. The minimum Gasteiger partial charge on any atom is -0.380 e. The van der Waals surface area contributed by atoms with Gasteiger partial charge >= 0.3 is 0 Å². The molecule has 0 N–H and O–H groups in total. The molecule has 3 rings (SSSR count). The van der Waals surface area contributed by atoms with Crippen molar-refractivity contribution < 1.29 is 9.53 Å². The topological polar surface area (TPSA) is 75.9 Å². The van der Waals surface area contributed by atoms with Crippen molar-refractivity contribution in [2.45, 2.75) is 32.4 Å². The van der Waals surface area contributed by atoms with Gasteiger partial charge in [-0.3, -0.25) is 19.1 Å². The summed E-state index contributed by atoms with van der Waals surface area (Å²) in [6, 6.07) is -0.129. The third-order valence-corrected chi connectivity index (χ3v) is 4.71. The van der Waals surface area contributed by atoms with Gasteiger partial charge in [0.2, 0.25) is 5.91 Å². The van der Waals surface area contributed by atoms with Crippen molar-refractivity contribution in [3.8, 4) is 0 Å². The third-order valence-electron chi connectivity index (χ3n) is 4.71. The molecule has 0 bridgehead atoms. The molecule has 1 aliphatic rings. The molecular weight excluding hydrogens is 308 g/mol.